The zero-order valence-electron chi connectivity index (χ0n) is 10.8. The van der Waals surface area contributed by atoms with Gasteiger partial charge in [-0.25, -0.2) is 0 Å². The molecule has 4 nitrogen and oxygen atoms in total. The number of hydrogen-bond acceptors (Lipinski definition) is 3. The van der Waals surface area contributed by atoms with E-state index in [0.29, 0.717) is 18.5 Å². The number of piperidine rings is 1. The van der Waals surface area contributed by atoms with Gasteiger partial charge in [-0.05, 0) is 37.6 Å². The van der Waals surface area contributed by atoms with Crippen LogP contribution in [0.15, 0.2) is 0 Å². The molecule has 2 atom stereocenters. The van der Waals surface area contributed by atoms with E-state index in [0.717, 1.165) is 25.6 Å². The van der Waals surface area contributed by atoms with E-state index >= 15 is 0 Å². The number of nitrogens with two attached hydrogens (primary N) is 1. The molecular weight excluding hydrogens is 214 g/mol. The minimum atomic E-state index is -0.206. The maximum atomic E-state index is 11.0. The first-order valence-corrected chi connectivity index (χ1v) is 6.91. The Morgan fingerprint density at radius 1 is 1.35 bits per heavy atom. The normalized spacial score (nSPS) is 30.4. The molecule has 1 saturated heterocycles. The summed E-state index contributed by atoms with van der Waals surface area (Å²) in [5.74, 6) is 1.42. The Morgan fingerprint density at radius 2 is 2.12 bits per heavy atom. The Kier molecular flexibility index (Phi) is 4.40. The monoisotopic (exact) mass is 239 g/mol. The van der Waals surface area contributed by atoms with Crippen LogP contribution in [-0.4, -0.2) is 43.0 Å². The predicted octanol–water partition coefficient (Wildman–Crippen LogP) is 0.572. The fourth-order valence-electron chi connectivity index (χ4n) is 2.75. The van der Waals surface area contributed by atoms with Gasteiger partial charge in [-0.1, -0.05) is 13.3 Å². The Bertz CT molecular complexity index is 265. The summed E-state index contributed by atoms with van der Waals surface area (Å²) in [4.78, 5) is 13.2. The van der Waals surface area contributed by atoms with Gasteiger partial charge in [0.05, 0.1) is 6.54 Å². The Hall–Kier alpha value is -0.610. The number of likely N-dealkylation sites (tertiary alicyclic amines) is 1. The van der Waals surface area contributed by atoms with E-state index in [-0.39, 0.29) is 5.91 Å². The van der Waals surface area contributed by atoms with Crippen molar-refractivity contribution in [3.8, 4) is 0 Å². The summed E-state index contributed by atoms with van der Waals surface area (Å²) < 4.78 is 0. The molecule has 0 aromatic rings. The van der Waals surface area contributed by atoms with Crippen LogP contribution in [-0.2, 0) is 4.79 Å². The molecule has 2 unspecified atom stereocenters. The second-order valence-electron chi connectivity index (χ2n) is 5.72. The van der Waals surface area contributed by atoms with Crippen molar-refractivity contribution in [3.05, 3.63) is 0 Å². The summed E-state index contributed by atoms with van der Waals surface area (Å²) in [6.45, 7) is 5.81. The Balaban J connectivity index is 1.80. The molecule has 0 radical (unpaired) electrons. The average Bonchev–Trinajstić information content (AvgIpc) is 3.09. The van der Waals surface area contributed by atoms with Gasteiger partial charge in [0.1, 0.15) is 0 Å². The van der Waals surface area contributed by atoms with Crippen LogP contribution in [0.3, 0.4) is 0 Å². The van der Waals surface area contributed by atoms with Crippen LogP contribution < -0.4 is 11.1 Å². The molecule has 1 amide bonds. The molecule has 0 bridgehead atoms. The van der Waals surface area contributed by atoms with Crippen LogP contribution in [0.2, 0.25) is 0 Å². The molecular formula is C13H25N3O. The molecule has 98 valence electrons. The Labute approximate surface area is 104 Å². The van der Waals surface area contributed by atoms with Gasteiger partial charge >= 0.3 is 0 Å². The first-order chi connectivity index (χ1) is 8.17. The summed E-state index contributed by atoms with van der Waals surface area (Å²) in [5, 5.41) is 3.66. The minimum Gasteiger partial charge on any atom is -0.369 e. The zero-order chi connectivity index (χ0) is 12.3. The highest BCUT2D eigenvalue weighted by Crippen LogP contribution is 2.28. The first kappa shape index (κ1) is 12.8. The van der Waals surface area contributed by atoms with Crippen LogP contribution in [0.4, 0.5) is 0 Å². The number of carbonyl (C=O) groups excluding carboxylic acids is 1. The van der Waals surface area contributed by atoms with E-state index in [1.165, 1.54) is 25.7 Å². The predicted molar refractivity (Wildman–Crippen MR) is 68.5 cm³/mol. The van der Waals surface area contributed by atoms with Crippen LogP contribution in [0, 0.1) is 11.8 Å². The van der Waals surface area contributed by atoms with E-state index in [1.54, 1.807) is 0 Å². The minimum absolute atomic E-state index is 0.206. The summed E-state index contributed by atoms with van der Waals surface area (Å²) in [5.41, 5.74) is 5.29. The van der Waals surface area contributed by atoms with E-state index in [1.807, 2.05) is 0 Å². The smallest absolute Gasteiger partial charge is 0.231 e. The number of rotatable bonds is 6. The largest absolute Gasteiger partial charge is 0.369 e. The molecule has 0 aromatic heterocycles. The lowest BCUT2D eigenvalue weighted by Gasteiger charge is -2.37. The molecule has 0 aromatic carbocycles. The Morgan fingerprint density at radius 3 is 2.71 bits per heavy atom. The second-order valence-corrected chi connectivity index (χ2v) is 5.72. The van der Waals surface area contributed by atoms with Crippen molar-refractivity contribution in [2.45, 2.75) is 38.6 Å². The van der Waals surface area contributed by atoms with Crippen molar-refractivity contribution in [1.29, 1.82) is 0 Å². The molecule has 1 heterocycles. The highest BCUT2D eigenvalue weighted by atomic mass is 16.1. The quantitative estimate of drug-likeness (QED) is 0.712. The van der Waals surface area contributed by atoms with Crippen molar-refractivity contribution in [3.63, 3.8) is 0 Å². The third-order valence-electron chi connectivity index (χ3n) is 3.96. The maximum absolute atomic E-state index is 11.0. The fourth-order valence-corrected chi connectivity index (χ4v) is 2.75. The van der Waals surface area contributed by atoms with E-state index in [2.05, 4.69) is 17.1 Å². The van der Waals surface area contributed by atoms with Crippen molar-refractivity contribution < 1.29 is 4.79 Å². The summed E-state index contributed by atoms with van der Waals surface area (Å²) >= 11 is 0. The van der Waals surface area contributed by atoms with Crippen LogP contribution in [0.5, 0.6) is 0 Å². The van der Waals surface area contributed by atoms with Crippen molar-refractivity contribution >= 4 is 5.91 Å². The molecule has 4 heteroatoms. The third-order valence-corrected chi connectivity index (χ3v) is 3.96. The standard InChI is InChI=1S/C13H25N3O/c1-2-10-5-12(15-6-11-3-4-11)8-16(7-10)9-13(14)17/h10-12,15H,2-9H2,1H3,(H2,14,17). The lowest BCUT2D eigenvalue weighted by atomic mass is 9.92. The fraction of sp³-hybridized carbons (Fsp3) is 0.923. The highest BCUT2D eigenvalue weighted by Gasteiger charge is 2.28. The molecule has 3 N–H and O–H groups in total. The number of primary amides is 1. The molecule has 2 aliphatic rings. The first-order valence-electron chi connectivity index (χ1n) is 6.91. The van der Waals surface area contributed by atoms with Gasteiger partial charge < -0.3 is 11.1 Å². The molecule has 2 fully saturated rings. The lowest BCUT2D eigenvalue weighted by molar-refractivity contribution is -0.119. The molecule has 17 heavy (non-hydrogen) atoms. The SMILES string of the molecule is CCC1CC(NCC2CC2)CN(CC(N)=O)C1. The number of amides is 1. The maximum Gasteiger partial charge on any atom is 0.231 e. The van der Waals surface area contributed by atoms with Crippen LogP contribution in [0.1, 0.15) is 32.6 Å². The van der Waals surface area contributed by atoms with E-state index in [9.17, 15) is 4.79 Å². The molecule has 0 spiro atoms. The van der Waals surface area contributed by atoms with Gasteiger partial charge in [0, 0.05) is 19.1 Å². The van der Waals surface area contributed by atoms with E-state index in [4.69, 9.17) is 5.73 Å². The van der Waals surface area contributed by atoms with Gasteiger partial charge in [-0.15, -0.1) is 0 Å². The van der Waals surface area contributed by atoms with Gasteiger partial charge in [0.25, 0.3) is 0 Å². The number of hydrogen-bond donors (Lipinski definition) is 2. The average molecular weight is 239 g/mol. The summed E-state index contributed by atoms with van der Waals surface area (Å²) in [7, 11) is 0. The molecule has 1 aliphatic heterocycles. The summed E-state index contributed by atoms with van der Waals surface area (Å²) in [6, 6.07) is 0.550. The van der Waals surface area contributed by atoms with Crippen molar-refractivity contribution in [2.24, 2.45) is 17.6 Å². The second kappa shape index (κ2) is 5.83. The third kappa shape index (κ3) is 4.28. The van der Waals surface area contributed by atoms with Gasteiger partial charge in [0.2, 0.25) is 5.91 Å². The van der Waals surface area contributed by atoms with E-state index < -0.39 is 0 Å². The number of carbonyl (C=O) groups is 1. The highest BCUT2D eigenvalue weighted by molar-refractivity contribution is 5.75. The lowest BCUT2D eigenvalue weighted by Crippen LogP contribution is -2.51. The molecule has 1 aliphatic carbocycles. The van der Waals surface area contributed by atoms with Gasteiger partial charge in [-0.2, -0.15) is 0 Å². The van der Waals surface area contributed by atoms with Crippen LogP contribution >= 0.6 is 0 Å². The zero-order valence-corrected chi connectivity index (χ0v) is 10.8. The topological polar surface area (TPSA) is 58.4 Å². The van der Waals surface area contributed by atoms with Crippen molar-refractivity contribution in [1.82, 2.24) is 10.2 Å². The van der Waals surface area contributed by atoms with Gasteiger partial charge in [0.15, 0.2) is 0 Å². The number of nitrogens with zero attached hydrogens (tertiary/aromatic N) is 1. The number of nitrogens with one attached hydrogen (secondary N) is 1. The molecule has 2 rings (SSSR count). The molecule has 1 saturated carbocycles. The van der Waals surface area contributed by atoms with Gasteiger partial charge in [-0.3, -0.25) is 9.69 Å². The van der Waals surface area contributed by atoms with Crippen molar-refractivity contribution in [2.75, 3.05) is 26.2 Å². The summed E-state index contributed by atoms with van der Waals surface area (Å²) in [6.07, 6.45) is 5.22. The van der Waals surface area contributed by atoms with Crippen LogP contribution in [0.25, 0.3) is 0 Å².